The van der Waals surface area contributed by atoms with Gasteiger partial charge in [0.1, 0.15) is 5.84 Å². The topological polar surface area (TPSA) is 74.9 Å². The van der Waals surface area contributed by atoms with E-state index in [0.717, 1.165) is 29.8 Å². The number of aromatic amines is 1. The van der Waals surface area contributed by atoms with Crippen LogP contribution >= 0.6 is 0 Å². The molecule has 1 aromatic rings. The number of H-pyrrole nitrogens is 1. The van der Waals surface area contributed by atoms with Gasteiger partial charge in [0.05, 0.1) is 13.2 Å². The Morgan fingerprint density at radius 3 is 3.08 bits per heavy atom. The summed E-state index contributed by atoms with van der Waals surface area (Å²) in [5.41, 5.74) is 9.54. The molecule has 0 spiro atoms. The van der Waals surface area contributed by atoms with E-state index in [1.54, 1.807) is 0 Å². The first-order valence-electron chi connectivity index (χ1n) is 4.32. The van der Waals surface area contributed by atoms with E-state index in [0.29, 0.717) is 6.61 Å². The van der Waals surface area contributed by atoms with Crippen molar-refractivity contribution < 1.29 is 4.74 Å². The van der Waals surface area contributed by atoms with E-state index in [1.165, 1.54) is 5.69 Å². The molecule has 1 aliphatic rings. The van der Waals surface area contributed by atoms with Gasteiger partial charge < -0.3 is 15.5 Å². The van der Waals surface area contributed by atoms with Crippen LogP contribution in [0.15, 0.2) is 0 Å². The second kappa shape index (κ2) is 2.88. The Balaban J connectivity index is 2.54. The molecule has 2 heterocycles. The maximum Gasteiger partial charge on any atom is 0.124 e. The van der Waals surface area contributed by atoms with E-state index >= 15 is 0 Å². The highest BCUT2D eigenvalue weighted by molar-refractivity contribution is 5.98. The Morgan fingerprint density at radius 2 is 2.38 bits per heavy atom. The zero-order valence-electron chi connectivity index (χ0n) is 7.61. The van der Waals surface area contributed by atoms with Gasteiger partial charge in [-0.05, 0) is 6.92 Å². The molecule has 4 heteroatoms. The summed E-state index contributed by atoms with van der Waals surface area (Å²) in [6.45, 7) is 3.27. The molecule has 1 aliphatic heterocycles. The molecule has 1 aromatic heterocycles. The molecular formula is C9H13N3O. The minimum absolute atomic E-state index is 0.125. The van der Waals surface area contributed by atoms with Crippen LogP contribution in [0, 0.1) is 12.3 Å². The van der Waals surface area contributed by atoms with Gasteiger partial charge in [0.15, 0.2) is 0 Å². The Labute approximate surface area is 76.6 Å². The molecule has 4 N–H and O–H groups in total. The van der Waals surface area contributed by atoms with Gasteiger partial charge in [0.25, 0.3) is 0 Å². The molecule has 13 heavy (non-hydrogen) atoms. The van der Waals surface area contributed by atoms with Crippen LogP contribution in [0.25, 0.3) is 0 Å². The predicted octanol–water partition coefficient (Wildman–Crippen LogP) is 0.680. The average Bonchev–Trinajstić information content (AvgIpc) is 2.39. The lowest BCUT2D eigenvalue weighted by atomic mass is 10.1. The molecule has 70 valence electrons. The van der Waals surface area contributed by atoms with E-state index in [2.05, 4.69) is 4.98 Å². The third-order valence-corrected chi connectivity index (χ3v) is 2.39. The summed E-state index contributed by atoms with van der Waals surface area (Å²) in [6, 6.07) is 0. The Kier molecular flexibility index (Phi) is 1.84. The van der Waals surface area contributed by atoms with Crippen LogP contribution in [0.5, 0.6) is 0 Å². The second-order valence-corrected chi connectivity index (χ2v) is 3.30. The Bertz CT molecular complexity index is 354. The number of nitrogens with two attached hydrogens (primary N) is 1. The van der Waals surface area contributed by atoms with Crippen molar-refractivity contribution in [2.45, 2.75) is 20.0 Å². The van der Waals surface area contributed by atoms with E-state index in [9.17, 15) is 0 Å². The lowest BCUT2D eigenvalue weighted by Crippen LogP contribution is -2.16. The lowest BCUT2D eigenvalue weighted by Gasteiger charge is -2.13. The first kappa shape index (κ1) is 8.31. The fourth-order valence-corrected chi connectivity index (χ4v) is 1.83. The van der Waals surface area contributed by atoms with Gasteiger partial charge in [-0.1, -0.05) is 0 Å². The number of aromatic nitrogens is 1. The molecular weight excluding hydrogens is 166 g/mol. The molecule has 0 saturated carbocycles. The molecule has 0 aliphatic carbocycles. The summed E-state index contributed by atoms with van der Waals surface area (Å²) in [4.78, 5) is 3.25. The smallest absolute Gasteiger partial charge is 0.124 e. The molecule has 0 aromatic carbocycles. The highest BCUT2D eigenvalue weighted by atomic mass is 16.5. The average molecular weight is 179 g/mol. The van der Waals surface area contributed by atoms with Gasteiger partial charge in [0, 0.05) is 28.9 Å². The van der Waals surface area contributed by atoms with Crippen molar-refractivity contribution in [1.29, 1.82) is 5.41 Å². The van der Waals surface area contributed by atoms with Gasteiger partial charge >= 0.3 is 0 Å². The van der Waals surface area contributed by atoms with Crippen molar-refractivity contribution in [3.8, 4) is 0 Å². The summed E-state index contributed by atoms with van der Waals surface area (Å²) >= 11 is 0. The molecule has 0 saturated heterocycles. The van der Waals surface area contributed by atoms with Crippen LogP contribution in [0.4, 0.5) is 0 Å². The molecule has 0 amide bonds. The van der Waals surface area contributed by atoms with Gasteiger partial charge in [-0.15, -0.1) is 0 Å². The minimum Gasteiger partial charge on any atom is -0.384 e. The minimum atomic E-state index is 0.125. The van der Waals surface area contributed by atoms with Crippen molar-refractivity contribution >= 4 is 5.84 Å². The largest absolute Gasteiger partial charge is 0.384 e. The van der Waals surface area contributed by atoms with Crippen LogP contribution in [-0.4, -0.2) is 17.4 Å². The van der Waals surface area contributed by atoms with E-state index in [-0.39, 0.29) is 5.84 Å². The maximum atomic E-state index is 7.44. The van der Waals surface area contributed by atoms with Crippen LogP contribution in [0.2, 0.25) is 0 Å². The highest BCUT2D eigenvalue weighted by Gasteiger charge is 2.19. The summed E-state index contributed by atoms with van der Waals surface area (Å²) < 4.78 is 5.33. The first-order valence-corrected chi connectivity index (χ1v) is 4.32. The molecule has 0 bridgehead atoms. The van der Waals surface area contributed by atoms with Gasteiger partial charge in [-0.25, -0.2) is 0 Å². The molecule has 0 atom stereocenters. The third kappa shape index (κ3) is 1.23. The lowest BCUT2D eigenvalue weighted by molar-refractivity contribution is 0.110. The van der Waals surface area contributed by atoms with E-state index < -0.39 is 0 Å². The number of nitrogens with one attached hydrogen (secondary N) is 2. The van der Waals surface area contributed by atoms with Crippen molar-refractivity contribution in [3.63, 3.8) is 0 Å². The summed E-state index contributed by atoms with van der Waals surface area (Å²) in [5.74, 6) is 0.125. The van der Waals surface area contributed by atoms with Crippen molar-refractivity contribution in [1.82, 2.24) is 4.98 Å². The zero-order chi connectivity index (χ0) is 9.42. The number of hydrogen-bond acceptors (Lipinski definition) is 2. The van der Waals surface area contributed by atoms with Crippen LogP contribution < -0.4 is 5.73 Å². The highest BCUT2D eigenvalue weighted by Crippen LogP contribution is 2.22. The Morgan fingerprint density at radius 1 is 1.62 bits per heavy atom. The summed E-state index contributed by atoms with van der Waals surface area (Å²) in [5, 5.41) is 7.44. The number of ether oxygens (including phenoxy) is 1. The van der Waals surface area contributed by atoms with Gasteiger partial charge in [-0.2, -0.15) is 0 Å². The Hall–Kier alpha value is -1.29. The van der Waals surface area contributed by atoms with Crippen molar-refractivity contribution in [3.05, 3.63) is 22.5 Å². The van der Waals surface area contributed by atoms with Crippen molar-refractivity contribution in [2.24, 2.45) is 5.73 Å². The fourth-order valence-electron chi connectivity index (χ4n) is 1.83. The predicted molar refractivity (Wildman–Crippen MR) is 49.9 cm³/mol. The summed E-state index contributed by atoms with van der Waals surface area (Å²) in [6.07, 6.45) is 0.892. The van der Waals surface area contributed by atoms with Gasteiger partial charge in [0.2, 0.25) is 0 Å². The number of aryl methyl sites for hydroxylation is 1. The van der Waals surface area contributed by atoms with E-state index in [4.69, 9.17) is 15.9 Å². The monoisotopic (exact) mass is 179 g/mol. The van der Waals surface area contributed by atoms with Crippen molar-refractivity contribution in [2.75, 3.05) is 6.61 Å². The van der Waals surface area contributed by atoms with Crippen LogP contribution in [0.1, 0.15) is 22.5 Å². The SMILES string of the molecule is Cc1[nH]c2c(c1C(=N)N)COCC2. The molecule has 2 rings (SSSR count). The second-order valence-electron chi connectivity index (χ2n) is 3.30. The maximum absolute atomic E-state index is 7.44. The zero-order valence-corrected chi connectivity index (χ0v) is 7.61. The normalized spacial score (nSPS) is 15.5. The number of rotatable bonds is 1. The number of nitrogen functional groups attached to an aromatic ring is 1. The molecule has 4 nitrogen and oxygen atoms in total. The molecule has 0 fully saturated rings. The number of fused-ring (bicyclic) bond motifs is 1. The van der Waals surface area contributed by atoms with Crippen LogP contribution in [-0.2, 0) is 17.8 Å². The third-order valence-electron chi connectivity index (χ3n) is 2.39. The molecule has 0 radical (unpaired) electrons. The van der Waals surface area contributed by atoms with Gasteiger partial charge in [-0.3, -0.25) is 5.41 Å². The number of amidine groups is 1. The summed E-state index contributed by atoms with van der Waals surface area (Å²) in [7, 11) is 0. The quantitative estimate of drug-likeness (QED) is 0.438. The van der Waals surface area contributed by atoms with Crippen LogP contribution in [0.3, 0.4) is 0 Å². The fraction of sp³-hybridized carbons (Fsp3) is 0.444. The standard InChI is InChI=1S/C9H13N3O/c1-5-8(9(10)11)6-4-13-3-2-7(6)12-5/h12H,2-4H2,1H3,(H3,10,11). The molecule has 0 unspecified atom stereocenters. The number of hydrogen-bond donors (Lipinski definition) is 3. The van der Waals surface area contributed by atoms with E-state index in [1.807, 2.05) is 6.92 Å². The first-order chi connectivity index (χ1) is 6.20.